The Morgan fingerprint density at radius 1 is 1.44 bits per heavy atom. The van der Waals surface area contributed by atoms with Crippen LogP contribution >= 0.6 is 0 Å². The van der Waals surface area contributed by atoms with Crippen LogP contribution in [0.25, 0.3) is 0 Å². The molecule has 0 aromatic heterocycles. The summed E-state index contributed by atoms with van der Waals surface area (Å²) in [4.78, 5) is 21.1. The van der Waals surface area contributed by atoms with Crippen molar-refractivity contribution in [1.82, 2.24) is 5.32 Å². The summed E-state index contributed by atoms with van der Waals surface area (Å²) in [5.74, 6) is -1.59. The summed E-state index contributed by atoms with van der Waals surface area (Å²) >= 11 is 0. The zero-order valence-electron chi connectivity index (χ0n) is 8.53. The van der Waals surface area contributed by atoms with Gasteiger partial charge in [-0.25, -0.2) is 4.79 Å². The van der Waals surface area contributed by atoms with Crippen LogP contribution in [0.2, 0.25) is 0 Å². The van der Waals surface area contributed by atoms with Crippen molar-refractivity contribution >= 4 is 11.9 Å². The van der Waals surface area contributed by atoms with Gasteiger partial charge in [0, 0.05) is 13.0 Å². The first-order valence-electron chi connectivity index (χ1n) is 4.92. The van der Waals surface area contributed by atoms with E-state index < -0.39 is 11.9 Å². The molecule has 2 N–H and O–H groups in total. The monoisotopic (exact) mass is 221 g/mol. The molecule has 0 atom stereocenters. The van der Waals surface area contributed by atoms with Crippen LogP contribution in [0.4, 0.5) is 0 Å². The van der Waals surface area contributed by atoms with Gasteiger partial charge in [-0.05, 0) is 17.2 Å². The fourth-order valence-electron chi connectivity index (χ4n) is 1.61. The molecule has 5 nitrogen and oxygen atoms in total. The maximum atomic E-state index is 10.8. The van der Waals surface area contributed by atoms with Crippen LogP contribution < -0.4 is 10.1 Å². The normalized spacial score (nSPS) is 12.8. The minimum absolute atomic E-state index is 0.221. The van der Waals surface area contributed by atoms with Crippen molar-refractivity contribution in [1.29, 1.82) is 0 Å². The molecule has 1 aliphatic heterocycles. The lowest BCUT2D eigenvalue weighted by molar-refractivity contribution is -0.150. The molecule has 0 unspecified atom stereocenters. The van der Waals surface area contributed by atoms with Crippen molar-refractivity contribution in [3.8, 4) is 5.75 Å². The van der Waals surface area contributed by atoms with Gasteiger partial charge in [0.05, 0.1) is 6.61 Å². The average molecular weight is 221 g/mol. The summed E-state index contributed by atoms with van der Waals surface area (Å²) in [5, 5.41) is 10.7. The van der Waals surface area contributed by atoms with Crippen molar-refractivity contribution in [3.63, 3.8) is 0 Å². The van der Waals surface area contributed by atoms with E-state index in [2.05, 4.69) is 5.32 Å². The molecule has 1 aromatic rings. The van der Waals surface area contributed by atoms with Gasteiger partial charge >= 0.3 is 11.9 Å². The summed E-state index contributed by atoms with van der Waals surface area (Å²) in [5.41, 5.74) is 1.97. The number of hydrogen-bond donors (Lipinski definition) is 2. The van der Waals surface area contributed by atoms with Crippen LogP contribution in [-0.2, 0) is 22.6 Å². The van der Waals surface area contributed by atoms with E-state index in [1.165, 1.54) is 0 Å². The molecule has 84 valence electrons. The van der Waals surface area contributed by atoms with Gasteiger partial charge in [-0.3, -0.25) is 4.79 Å². The lowest BCUT2D eigenvalue weighted by atomic mass is 10.1. The Morgan fingerprint density at radius 3 is 3.00 bits per heavy atom. The van der Waals surface area contributed by atoms with E-state index in [-0.39, 0.29) is 6.54 Å². The zero-order valence-corrected chi connectivity index (χ0v) is 8.53. The number of carbonyl (C=O) groups is 2. The topological polar surface area (TPSA) is 75.6 Å². The molecule has 1 amide bonds. The lowest BCUT2D eigenvalue weighted by Gasteiger charge is -2.04. The molecule has 2 rings (SSSR count). The van der Waals surface area contributed by atoms with Crippen molar-refractivity contribution < 1.29 is 19.4 Å². The fourth-order valence-corrected chi connectivity index (χ4v) is 1.61. The lowest BCUT2D eigenvalue weighted by Crippen LogP contribution is -2.30. The third-order valence-corrected chi connectivity index (χ3v) is 2.40. The number of amides is 1. The first kappa shape index (κ1) is 10.5. The van der Waals surface area contributed by atoms with Crippen LogP contribution in [0.3, 0.4) is 0 Å². The Labute approximate surface area is 92.0 Å². The van der Waals surface area contributed by atoms with Crippen molar-refractivity contribution in [2.24, 2.45) is 0 Å². The molecule has 1 heterocycles. The molecule has 0 fully saturated rings. The van der Waals surface area contributed by atoms with E-state index in [1.54, 1.807) is 0 Å². The SMILES string of the molecule is O=C(O)C(=O)NCc1ccc2c(c1)CCO2. The number of rotatable bonds is 2. The summed E-state index contributed by atoms with van der Waals surface area (Å²) in [6.45, 7) is 0.901. The number of carbonyl (C=O) groups excluding carboxylic acids is 1. The van der Waals surface area contributed by atoms with E-state index in [0.29, 0.717) is 6.61 Å². The summed E-state index contributed by atoms with van der Waals surface area (Å²) in [6, 6.07) is 5.57. The second-order valence-electron chi connectivity index (χ2n) is 3.53. The number of nitrogens with one attached hydrogen (secondary N) is 1. The van der Waals surface area contributed by atoms with Crippen LogP contribution in [0.1, 0.15) is 11.1 Å². The number of benzene rings is 1. The first-order valence-corrected chi connectivity index (χ1v) is 4.92. The van der Waals surface area contributed by atoms with Gasteiger partial charge in [-0.1, -0.05) is 12.1 Å². The van der Waals surface area contributed by atoms with Gasteiger partial charge in [0.15, 0.2) is 0 Å². The molecule has 0 radical (unpaired) electrons. The molecule has 0 saturated heterocycles. The highest BCUT2D eigenvalue weighted by atomic mass is 16.5. The van der Waals surface area contributed by atoms with E-state index in [1.807, 2.05) is 18.2 Å². The third-order valence-electron chi connectivity index (χ3n) is 2.40. The second-order valence-corrected chi connectivity index (χ2v) is 3.53. The van der Waals surface area contributed by atoms with Gasteiger partial charge < -0.3 is 15.2 Å². The molecule has 5 heteroatoms. The zero-order chi connectivity index (χ0) is 11.5. The van der Waals surface area contributed by atoms with E-state index in [0.717, 1.165) is 23.3 Å². The molecule has 0 spiro atoms. The van der Waals surface area contributed by atoms with Gasteiger partial charge in [-0.15, -0.1) is 0 Å². The largest absolute Gasteiger partial charge is 0.493 e. The second kappa shape index (κ2) is 4.22. The maximum Gasteiger partial charge on any atom is 0.394 e. The van der Waals surface area contributed by atoms with Crippen LogP contribution in [-0.4, -0.2) is 23.6 Å². The molecular formula is C11H11NO4. The summed E-state index contributed by atoms with van der Waals surface area (Å²) in [6.07, 6.45) is 0.857. The van der Waals surface area contributed by atoms with Crippen LogP contribution in [0, 0.1) is 0 Å². The number of ether oxygens (including phenoxy) is 1. The summed E-state index contributed by atoms with van der Waals surface area (Å²) in [7, 11) is 0. The Morgan fingerprint density at radius 2 is 2.25 bits per heavy atom. The predicted octanol–water partition coefficient (Wildman–Crippen LogP) is 0.322. The van der Waals surface area contributed by atoms with Crippen molar-refractivity contribution in [2.45, 2.75) is 13.0 Å². The maximum absolute atomic E-state index is 10.8. The predicted molar refractivity (Wildman–Crippen MR) is 55.1 cm³/mol. The first-order chi connectivity index (χ1) is 7.66. The number of carboxylic acids is 1. The minimum atomic E-state index is -1.47. The van der Waals surface area contributed by atoms with E-state index >= 15 is 0 Å². The summed E-state index contributed by atoms with van der Waals surface area (Å²) < 4.78 is 5.34. The van der Waals surface area contributed by atoms with Gasteiger partial charge in [0.1, 0.15) is 5.75 Å². The highest BCUT2D eigenvalue weighted by Crippen LogP contribution is 2.25. The molecular weight excluding hydrogens is 210 g/mol. The number of fused-ring (bicyclic) bond motifs is 1. The number of aliphatic carboxylic acids is 1. The third kappa shape index (κ3) is 2.13. The van der Waals surface area contributed by atoms with Gasteiger partial charge in [0.2, 0.25) is 0 Å². The standard InChI is InChI=1S/C11H11NO4/c13-10(11(14)15)12-6-7-1-2-9-8(5-7)3-4-16-9/h1-2,5H,3-4,6H2,(H,12,13)(H,14,15). The molecule has 16 heavy (non-hydrogen) atoms. The molecule has 0 saturated carbocycles. The van der Waals surface area contributed by atoms with Crippen molar-refractivity contribution in [3.05, 3.63) is 29.3 Å². The fraction of sp³-hybridized carbons (Fsp3) is 0.273. The number of carboxylic acid groups (broad SMARTS) is 1. The van der Waals surface area contributed by atoms with Gasteiger partial charge in [-0.2, -0.15) is 0 Å². The Kier molecular flexibility index (Phi) is 2.76. The van der Waals surface area contributed by atoms with E-state index in [9.17, 15) is 9.59 Å². The average Bonchev–Trinajstić information content (AvgIpc) is 2.72. The van der Waals surface area contributed by atoms with E-state index in [4.69, 9.17) is 9.84 Å². The minimum Gasteiger partial charge on any atom is -0.493 e. The van der Waals surface area contributed by atoms with Crippen LogP contribution in [0.15, 0.2) is 18.2 Å². The number of hydrogen-bond acceptors (Lipinski definition) is 3. The Balaban J connectivity index is 2.00. The highest BCUT2D eigenvalue weighted by Gasteiger charge is 2.13. The van der Waals surface area contributed by atoms with Crippen LogP contribution in [0.5, 0.6) is 5.75 Å². The Hall–Kier alpha value is -2.04. The quantitative estimate of drug-likeness (QED) is 0.705. The molecule has 1 aromatic carbocycles. The smallest absolute Gasteiger partial charge is 0.394 e. The molecule has 0 aliphatic carbocycles. The Bertz CT molecular complexity index is 442. The van der Waals surface area contributed by atoms with Gasteiger partial charge in [0.25, 0.3) is 0 Å². The van der Waals surface area contributed by atoms with Crippen molar-refractivity contribution in [2.75, 3.05) is 6.61 Å². The highest BCUT2D eigenvalue weighted by molar-refractivity contribution is 6.31. The molecule has 1 aliphatic rings. The molecule has 0 bridgehead atoms.